The predicted octanol–water partition coefficient (Wildman–Crippen LogP) is 2.59. The standard InChI is InChI=1S/C15H13N5/c1-10-17-14-4-3-11(9-20(14)18-10)12-5-7-16-15-13(12)6-8-19(15)2/h3-9H,1-2H3. The molecule has 0 aliphatic heterocycles. The summed E-state index contributed by atoms with van der Waals surface area (Å²) < 4.78 is 3.84. The highest BCUT2D eigenvalue weighted by Gasteiger charge is 2.08. The maximum atomic E-state index is 4.42. The van der Waals surface area contributed by atoms with E-state index in [1.54, 1.807) is 0 Å². The highest BCUT2D eigenvalue weighted by atomic mass is 15.3. The van der Waals surface area contributed by atoms with Crippen molar-refractivity contribution in [2.45, 2.75) is 6.92 Å². The molecule has 4 aromatic heterocycles. The first kappa shape index (κ1) is 11.2. The molecule has 5 nitrogen and oxygen atoms in total. The van der Waals surface area contributed by atoms with Crippen LogP contribution in [-0.4, -0.2) is 24.1 Å². The summed E-state index contributed by atoms with van der Waals surface area (Å²) in [7, 11) is 2.00. The lowest BCUT2D eigenvalue weighted by molar-refractivity contribution is 0.932. The van der Waals surface area contributed by atoms with Crippen molar-refractivity contribution >= 4 is 16.7 Å². The van der Waals surface area contributed by atoms with Crippen molar-refractivity contribution in [2.75, 3.05) is 0 Å². The zero-order valence-corrected chi connectivity index (χ0v) is 11.3. The highest BCUT2D eigenvalue weighted by molar-refractivity contribution is 5.93. The minimum absolute atomic E-state index is 0.779. The first-order valence-corrected chi connectivity index (χ1v) is 6.46. The molecule has 0 radical (unpaired) electrons. The molecule has 0 saturated heterocycles. The number of pyridine rings is 2. The third-order valence-corrected chi connectivity index (χ3v) is 3.52. The molecular weight excluding hydrogens is 250 g/mol. The van der Waals surface area contributed by atoms with Gasteiger partial charge in [-0.1, -0.05) is 0 Å². The first-order chi connectivity index (χ1) is 9.72. The van der Waals surface area contributed by atoms with Crippen LogP contribution >= 0.6 is 0 Å². The Kier molecular flexibility index (Phi) is 2.18. The first-order valence-electron chi connectivity index (χ1n) is 6.46. The molecule has 4 aromatic rings. The van der Waals surface area contributed by atoms with E-state index >= 15 is 0 Å². The molecule has 4 rings (SSSR count). The number of aromatic nitrogens is 5. The molecule has 0 amide bonds. The molecule has 0 aliphatic rings. The monoisotopic (exact) mass is 263 g/mol. The Morgan fingerprint density at radius 3 is 2.90 bits per heavy atom. The van der Waals surface area contributed by atoms with Gasteiger partial charge in [-0.05, 0) is 36.8 Å². The van der Waals surface area contributed by atoms with Crippen LogP contribution in [0.15, 0.2) is 42.9 Å². The summed E-state index contributed by atoms with van der Waals surface area (Å²) in [5.74, 6) is 0.779. The van der Waals surface area contributed by atoms with E-state index in [0.29, 0.717) is 0 Å². The highest BCUT2D eigenvalue weighted by Crippen LogP contribution is 2.27. The Labute approximate surface area is 115 Å². The molecule has 0 unspecified atom stereocenters. The van der Waals surface area contributed by atoms with E-state index in [1.807, 2.05) is 53.8 Å². The Balaban J connectivity index is 2.00. The van der Waals surface area contributed by atoms with E-state index < -0.39 is 0 Å². The number of hydrogen-bond donors (Lipinski definition) is 0. The third-order valence-electron chi connectivity index (χ3n) is 3.52. The zero-order chi connectivity index (χ0) is 13.7. The lowest BCUT2D eigenvalue weighted by Gasteiger charge is -2.04. The number of nitrogens with zero attached hydrogens (tertiary/aromatic N) is 5. The lowest BCUT2D eigenvalue weighted by Crippen LogP contribution is -1.91. The number of hydrogen-bond acceptors (Lipinski definition) is 3. The van der Waals surface area contributed by atoms with Crippen molar-refractivity contribution < 1.29 is 0 Å². The topological polar surface area (TPSA) is 48.0 Å². The molecule has 20 heavy (non-hydrogen) atoms. The van der Waals surface area contributed by atoms with E-state index in [1.165, 1.54) is 0 Å². The van der Waals surface area contributed by atoms with Crippen molar-refractivity contribution in [3.8, 4) is 11.1 Å². The minimum Gasteiger partial charge on any atom is -0.336 e. The van der Waals surface area contributed by atoms with Gasteiger partial charge in [0.15, 0.2) is 5.65 Å². The number of aryl methyl sites for hydroxylation is 2. The summed E-state index contributed by atoms with van der Waals surface area (Å²) in [5.41, 5.74) is 4.12. The molecule has 0 atom stereocenters. The average Bonchev–Trinajstić information content (AvgIpc) is 3.00. The molecule has 4 heterocycles. The van der Waals surface area contributed by atoms with Crippen LogP contribution in [0.3, 0.4) is 0 Å². The number of fused-ring (bicyclic) bond motifs is 2. The maximum absolute atomic E-state index is 4.42. The maximum Gasteiger partial charge on any atom is 0.155 e. The van der Waals surface area contributed by atoms with Gasteiger partial charge in [0.25, 0.3) is 0 Å². The average molecular weight is 263 g/mol. The van der Waals surface area contributed by atoms with Gasteiger partial charge in [-0.2, -0.15) is 5.10 Å². The summed E-state index contributed by atoms with van der Waals surface area (Å²) in [4.78, 5) is 8.77. The van der Waals surface area contributed by atoms with E-state index in [4.69, 9.17) is 0 Å². The van der Waals surface area contributed by atoms with Crippen LogP contribution in [0.4, 0.5) is 0 Å². The van der Waals surface area contributed by atoms with Crippen LogP contribution in [0.25, 0.3) is 27.8 Å². The van der Waals surface area contributed by atoms with Crippen molar-refractivity contribution in [1.82, 2.24) is 24.1 Å². The SMILES string of the molecule is Cc1nc2ccc(-c3ccnc4c3ccn4C)cn2n1. The summed E-state index contributed by atoms with van der Waals surface area (Å²) in [6.07, 6.45) is 5.88. The van der Waals surface area contributed by atoms with Gasteiger partial charge in [0, 0.05) is 36.6 Å². The molecule has 0 aromatic carbocycles. The predicted molar refractivity (Wildman–Crippen MR) is 77.4 cm³/mol. The van der Waals surface area contributed by atoms with Crippen LogP contribution in [0, 0.1) is 6.92 Å². The Hall–Kier alpha value is -2.69. The van der Waals surface area contributed by atoms with Gasteiger partial charge in [0.1, 0.15) is 11.5 Å². The fourth-order valence-electron chi connectivity index (χ4n) is 2.57. The van der Waals surface area contributed by atoms with Crippen molar-refractivity contribution in [3.05, 3.63) is 48.7 Å². The zero-order valence-electron chi connectivity index (χ0n) is 11.3. The Bertz CT molecular complexity index is 932. The second kappa shape index (κ2) is 3.90. The molecule has 0 N–H and O–H groups in total. The quantitative estimate of drug-likeness (QED) is 0.530. The van der Waals surface area contributed by atoms with Crippen molar-refractivity contribution in [2.24, 2.45) is 7.05 Å². The lowest BCUT2D eigenvalue weighted by atomic mass is 10.1. The van der Waals surface area contributed by atoms with Crippen molar-refractivity contribution in [3.63, 3.8) is 0 Å². The van der Waals surface area contributed by atoms with E-state index in [2.05, 4.69) is 27.2 Å². The van der Waals surface area contributed by atoms with Crippen LogP contribution in [0.5, 0.6) is 0 Å². The van der Waals surface area contributed by atoms with Crippen LogP contribution in [0.2, 0.25) is 0 Å². The fraction of sp³-hybridized carbons (Fsp3) is 0.133. The molecule has 0 saturated carbocycles. The van der Waals surface area contributed by atoms with E-state index in [9.17, 15) is 0 Å². The normalized spacial score (nSPS) is 11.5. The number of rotatable bonds is 1. The molecular formula is C15H13N5. The molecule has 5 heteroatoms. The second-order valence-electron chi connectivity index (χ2n) is 4.90. The molecule has 0 bridgehead atoms. The van der Waals surface area contributed by atoms with Crippen molar-refractivity contribution in [1.29, 1.82) is 0 Å². The van der Waals surface area contributed by atoms with Gasteiger partial charge in [-0.15, -0.1) is 0 Å². The van der Waals surface area contributed by atoms with Crippen LogP contribution in [-0.2, 0) is 7.05 Å². The third kappa shape index (κ3) is 1.53. The molecule has 0 spiro atoms. The fourth-order valence-corrected chi connectivity index (χ4v) is 2.57. The smallest absolute Gasteiger partial charge is 0.155 e. The van der Waals surface area contributed by atoms with Gasteiger partial charge in [0.2, 0.25) is 0 Å². The summed E-state index contributed by atoms with van der Waals surface area (Å²) >= 11 is 0. The minimum atomic E-state index is 0.779. The molecule has 98 valence electrons. The summed E-state index contributed by atoms with van der Waals surface area (Å²) in [5, 5.41) is 5.51. The summed E-state index contributed by atoms with van der Waals surface area (Å²) in [6, 6.07) is 8.19. The van der Waals surface area contributed by atoms with Crippen LogP contribution < -0.4 is 0 Å². The van der Waals surface area contributed by atoms with Gasteiger partial charge in [-0.25, -0.2) is 14.5 Å². The van der Waals surface area contributed by atoms with E-state index in [0.717, 1.165) is 33.6 Å². The Morgan fingerprint density at radius 1 is 1.10 bits per heavy atom. The van der Waals surface area contributed by atoms with Gasteiger partial charge in [-0.3, -0.25) is 0 Å². The molecule has 0 aliphatic carbocycles. The van der Waals surface area contributed by atoms with E-state index in [-0.39, 0.29) is 0 Å². The van der Waals surface area contributed by atoms with Crippen LogP contribution in [0.1, 0.15) is 5.82 Å². The van der Waals surface area contributed by atoms with Gasteiger partial charge < -0.3 is 4.57 Å². The van der Waals surface area contributed by atoms with Gasteiger partial charge >= 0.3 is 0 Å². The summed E-state index contributed by atoms with van der Waals surface area (Å²) in [6.45, 7) is 1.90. The largest absolute Gasteiger partial charge is 0.336 e. The van der Waals surface area contributed by atoms with Gasteiger partial charge in [0.05, 0.1) is 0 Å². The molecule has 0 fully saturated rings. The second-order valence-corrected chi connectivity index (χ2v) is 4.90. The Morgan fingerprint density at radius 2 is 2.00 bits per heavy atom.